The van der Waals surface area contributed by atoms with Gasteiger partial charge in [0.25, 0.3) is 0 Å². The van der Waals surface area contributed by atoms with E-state index < -0.39 is 17.1 Å². The van der Waals surface area contributed by atoms with Crippen LogP contribution in [-0.2, 0) is 14.3 Å². The number of nitrogens with one attached hydrogen (secondary N) is 1. The second kappa shape index (κ2) is 8.70. The summed E-state index contributed by atoms with van der Waals surface area (Å²) in [5, 5.41) is 27.3. The van der Waals surface area contributed by atoms with Crippen molar-refractivity contribution in [3.63, 3.8) is 0 Å². The van der Waals surface area contributed by atoms with Crippen LogP contribution >= 0.6 is 0 Å². The maximum absolute atomic E-state index is 12.8. The molecule has 4 aliphatic carbocycles. The molecule has 8 nitrogen and oxygen atoms in total. The van der Waals surface area contributed by atoms with Gasteiger partial charge in [-0.25, -0.2) is 9.59 Å². The van der Waals surface area contributed by atoms with E-state index in [1.54, 1.807) is 6.08 Å². The van der Waals surface area contributed by atoms with Gasteiger partial charge < -0.3 is 29.9 Å². The molecule has 0 spiro atoms. The van der Waals surface area contributed by atoms with Gasteiger partial charge in [0.2, 0.25) is 0 Å². The highest BCUT2D eigenvalue weighted by atomic mass is 16.5. The molecule has 5 fully saturated rings. The van der Waals surface area contributed by atoms with Gasteiger partial charge in [0, 0.05) is 30.6 Å². The van der Waals surface area contributed by atoms with Crippen molar-refractivity contribution in [3.05, 3.63) is 11.6 Å². The highest BCUT2D eigenvalue weighted by Gasteiger charge is 2.70. The van der Waals surface area contributed by atoms with Crippen LogP contribution in [-0.4, -0.2) is 77.8 Å². The number of hydrogen-bond donors (Lipinski definition) is 3. The standard InChI is InChI=1S/C28H42N2O6/c1-26-7-5-19(29-25(33)30-9-11-35-12-10-30)14-18(26)3-4-21-22(26)15-23(31)27(2)20(6-8-28(21,27)34)17-13-24(32)36-16-17/h13,18-23,31,34H,3-12,14-16H2,1-2H3,(H,29,33)/t18-,19+,20-,21-,22+,23-,26+,27+,28+/m1/s1. The van der Waals surface area contributed by atoms with Crippen molar-refractivity contribution in [2.75, 3.05) is 32.9 Å². The van der Waals surface area contributed by atoms with Crippen LogP contribution in [0.15, 0.2) is 11.6 Å². The van der Waals surface area contributed by atoms with Crippen LogP contribution in [0.3, 0.4) is 0 Å². The normalized spacial score (nSPS) is 48.4. The molecule has 8 heteroatoms. The Morgan fingerprint density at radius 2 is 1.86 bits per heavy atom. The third kappa shape index (κ3) is 3.50. The number of cyclic esters (lactones) is 1. The fourth-order valence-electron chi connectivity index (χ4n) is 9.55. The number of esters is 1. The second-order valence-corrected chi connectivity index (χ2v) is 12.9. The number of carbonyl (C=O) groups excluding carboxylic acids is 2. The highest BCUT2D eigenvalue weighted by Crippen LogP contribution is 2.69. The summed E-state index contributed by atoms with van der Waals surface area (Å²) in [4.78, 5) is 26.4. The molecule has 0 aromatic heterocycles. The van der Waals surface area contributed by atoms with Gasteiger partial charge in [-0.2, -0.15) is 0 Å². The van der Waals surface area contributed by atoms with E-state index in [9.17, 15) is 19.8 Å². The molecule has 1 saturated heterocycles. The van der Waals surface area contributed by atoms with E-state index in [1.807, 2.05) is 4.90 Å². The van der Waals surface area contributed by atoms with Gasteiger partial charge >= 0.3 is 12.0 Å². The number of rotatable bonds is 2. The van der Waals surface area contributed by atoms with Crippen LogP contribution in [0.1, 0.15) is 65.2 Å². The van der Waals surface area contributed by atoms with E-state index >= 15 is 0 Å². The lowest BCUT2D eigenvalue weighted by Gasteiger charge is -2.65. The van der Waals surface area contributed by atoms with Crippen molar-refractivity contribution < 1.29 is 29.3 Å². The van der Waals surface area contributed by atoms with E-state index in [-0.39, 0.29) is 47.8 Å². The number of morpholine rings is 1. The molecule has 9 atom stereocenters. The van der Waals surface area contributed by atoms with E-state index in [0.29, 0.717) is 45.1 Å². The quantitative estimate of drug-likeness (QED) is 0.501. The van der Waals surface area contributed by atoms with Gasteiger partial charge in [0.1, 0.15) is 6.61 Å². The van der Waals surface area contributed by atoms with Crippen LogP contribution in [0.5, 0.6) is 0 Å². The van der Waals surface area contributed by atoms with E-state index in [2.05, 4.69) is 19.2 Å². The lowest BCUT2D eigenvalue weighted by molar-refractivity contribution is -0.242. The molecule has 0 bridgehead atoms. The van der Waals surface area contributed by atoms with E-state index in [1.165, 1.54) is 0 Å². The molecule has 6 aliphatic rings. The first kappa shape index (κ1) is 24.7. The average molecular weight is 503 g/mol. The summed E-state index contributed by atoms with van der Waals surface area (Å²) in [6.07, 6.45) is 8.02. The maximum atomic E-state index is 12.8. The molecule has 200 valence electrons. The van der Waals surface area contributed by atoms with Crippen LogP contribution in [0.2, 0.25) is 0 Å². The number of carbonyl (C=O) groups is 2. The molecule has 0 aromatic rings. The summed E-state index contributed by atoms with van der Waals surface area (Å²) in [6, 6.07) is 0.207. The number of ether oxygens (including phenoxy) is 2. The minimum atomic E-state index is -0.943. The molecule has 0 aromatic carbocycles. The molecule has 2 aliphatic heterocycles. The van der Waals surface area contributed by atoms with Crippen molar-refractivity contribution in [2.24, 2.45) is 34.5 Å². The Kier molecular flexibility index (Phi) is 5.97. The molecule has 6 rings (SSSR count). The summed E-state index contributed by atoms with van der Waals surface area (Å²) in [5.41, 5.74) is -0.625. The summed E-state index contributed by atoms with van der Waals surface area (Å²) < 4.78 is 10.6. The van der Waals surface area contributed by atoms with Gasteiger partial charge in [-0.15, -0.1) is 0 Å². The highest BCUT2D eigenvalue weighted by molar-refractivity contribution is 5.85. The molecule has 2 heterocycles. The first-order chi connectivity index (χ1) is 17.2. The van der Waals surface area contributed by atoms with Crippen molar-refractivity contribution in [1.82, 2.24) is 10.2 Å². The zero-order chi connectivity index (χ0) is 25.3. The summed E-state index contributed by atoms with van der Waals surface area (Å²) in [5.74, 6) is 0.548. The number of urea groups is 1. The molecule has 36 heavy (non-hydrogen) atoms. The summed E-state index contributed by atoms with van der Waals surface area (Å²) in [7, 11) is 0. The molecular formula is C28H42N2O6. The topological polar surface area (TPSA) is 108 Å². The molecule has 0 unspecified atom stereocenters. The molecular weight excluding hydrogens is 460 g/mol. The number of fused-ring (bicyclic) bond motifs is 5. The maximum Gasteiger partial charge on any atom is 0.331 e. The Bertz CT molecular complexity index is 948. The third-order valence-electron chi connectivity index (χ3n) is 11.7. The first-order valence-electron chi connectivity index (χ1n) is 14.1. The van der Waals surface area contributed by atoms with Crippen LogP contribution in [0.4, 0.5) is 4.79 Å². The number of aliphatic hydroxyl groups excluding tert-OH is 1. The summed E-state index contributed by atoms with van der Waals surface area (Å²) >= 11 is 0. The largest absolute Gasteiger partial charge is 0.458 e. The van der Waals surface area contributed by atoms with Crippen molar-refractivity contribution >= 4 is 12.0 Å². The summed E-state index contributed by atoms with van der Waals surface area (Å²) in [6.45, 7) is 7.23. The predicted octanol–water partition coefficient (Wildman–Crippen LogP) is 2.62. The SMILES string of the molecule is C[C@]12CC[C@H](NC(=O)N3CCOCC3)C[C@H]1CC[C@@H]1[C@@H]2C[C@@H](O)[C@]2(C)[C@@H](C3=CC(=O)OC3)CC[C@]12O. The van der Waals surface area contributed by atoms with E-state index in [4.69, 9.17) is 9.47 Å². The van der Waals surface area contributed by atoms with Gasteiger partial charge in [-0.3, -0.25) is 0 Å². The van der Waals surface area contributed by atoms with Crippen molar-refractivity contribution in [3.8, 4) is 0 Å². The molecule has 0 radical (unpaired) electrons. The Balaban J connectivity index is 1.19. The number of hydrogen-bond acceptors (Lipinski definition) is 6. The minimum Gasteiger partial charge on any atom is -0.458 e. The predicted molar refractivity (Wildman–Crippen MR) is 132 cm³/mol. The molecule has 4 saturated carbocycles. The van der Waals surface area contributed by atoms with Gasteiger partial charge in [-0.1, -0.05) is 13.8 Å². The van der Waals surface area contributed by atoms with Crippen molar-refractivity contribution in [2.45, 2.75) is 83.0 Å². The second-order valence-electron chi connectivity index (χ2n) is 12.9. The Morgan fingerprint density at radius 1 is 1.08 bits per heavy atom. The van der Waals surface area contributed by atoms with Crippen LogP contribution in [0.25, 0.3) is 0 Å². The molecule has 2 amide bonds. The minimum absolute atomic E-state index is 0.0263. The smallest absolute Gasteiger partial charge is 0.331 e. The van der Waals surface area contributed by atoms with Crippen LogP contribution < -0.4 is 5.32 Å². The Hall–Kier alpha value is -1.64. The monoisotopic (exact) mass is 502 g/mol. The number of amides is 2. The van der Waals surface area contributed by atoms with E-state index in [0.717, 1.165) is 44.1 Å². The third-order valence-corrected chi connectivity index (χ3v) is 11.7. The Labute approximate surface area is 213 Å². The van der Waals surface area contributed by atoms with Gasteiger partial charge in [-0.05, 0) is 86.0 Å². The Morgan fingerprint density at radius 3 is 2.58 bits per heavy atom. The van der Waals surface area contributed by atoms with Gasteiger partial charge in [0.05, 0.1) is 24.9 Å². The fourth-order valence-corrected chi connectivity index (χ4v) is 9.55. The van der Waals surface area contributed by atoms with Crippen LogP contribution in [0, 0.1) is 34.5 Å². The number of aliphatic hydroxyl groups is 2. The lowest BCUT2D eigenvalue weighted by Crippen LogP contribution is -2.67. The number of nitrogens with zero attached hydrogens (tertiary/aromatic N) is 1. The first-order valence-corrected chi connectivity index (χ1v) is 14.1. The zero-order valence-electron chi connectivity index (χ0n) is 21.7. The fraction of sp³-hybridized carbons (Fsp3) is 0.857. The lowest BCUT2D eigenvalue weighted by atomic mass is 9.42. The van der Waals surface area contributed by atoms with Gasteiger partial charge in [0.15, 0.2) is 0 Å². The average Bonchev–Trinajstić information content (AvgIpc) is 3.41. The zero-order valence-corrected chi connectivity index (χ0v) is 21.7. The molecule has 3 N–H and O–H groups in total. The van der Waals surface area contributed by atoms with Crippen molar-refractivity contribution in [1.29, 1.82) is 0 Å².